The fourth-order valence-electron chi connectivity index (χ4n) is 5.86. The highest BCUT2D eigenvalue weighted by molar-refractivity contribution is 9.10. The van der Waals surface area contributed by atoms with Crippen LogP contribution in [0.4, 0.5) is 5.69 Å². The van der Waals surface area contributed by atoms with Crippen molar-refractivity contribution in [3.05, 3.63) is 106 Å². The summed E-state index contributed by atoms with van der Waals surface area (Å²) in [4.78, 5) is 13.8. The van der Waals surface area contributed by atoms with Crippen LogP contribution in [0, 0.1) is 5.41 Å². The van der Waals surface area contributed by atoms with Crippen LogP contribution in [0.2, 0.25) is 0 Å². The van der Waals surface area contributed by atoms with Crippen molar-refractivity contribution < 1.29 is 14.3 Å². The maximum Gasteiger partial charge on any atom is 0.175 e. The lowest BCUT2D eigenvalue weighted by Gasteiger charge is -2.40. The van der Waals surface area contributed by atoms with Gasteiger partial charge in [-0.3, -0.25) is 4.79 Å². The number of nitrogens with one attached hydrogen (secondary N) is 1. The molecule has 1 atom stereocenters. The molecule has 0 bridgehead atoms. The van der Waals surface area contributed by atoms with Gasteiger partial charge < -0.3 is 14.8 Å². The lowest BCUT2D eigenvalue weighted by molar-refractivity contribution is -0.118. The first-order valence-corrected chi connectivity index (χ1v) is 13.7. The first-order chi connectivity index (χ1) is 18.3. The van der Waals surface area contributed by atoms with E-state index < -0.39 is 0 Å². The minimum Gasteiger partial charge on any atom is -0.493 e. The van der Waals surface area contributed by atoms with Gasteiger partial charge in [0, 0.05) is 23.2 Å². The zero-order chi connectivity index (χ0) is 26.4. The number of Topliss-reactive ketones (excluding diaryl/α,β-unsaturated/α-hetero) is 1. The van der Waals surface area contributed by atoms with Gasteiger partial charge in [-0.05, 0) is 73.4 Å². The molecule has 1 aliphatic carbocycles. The Morgan fingerprint density at radius 2 is 1.74 bits per heavy atom. The minimum atomic E-state index is -0.282. The van der Waals surface area contributed by atoms with Gasteiger partial charge in [-0.2, -0.15) is 0 Å². The Kier molecular flexibility index (Phi) is 6.27. The van der Waals surface area contributed by atoms with Gasteiger partial charge in [0.1, 0.15) is 6.61 Å². The zero-order valence-corrected chi connectivity index (χ0v) is 23.4. The lowest BCUT2D eigenvalue weighted by Crippen LogP contribution is -2.33. The smallest absolute Gasteiger partial charge is 0.175 e. The second-order valence-corrected chi connectivity index (χ2v) is 11.8. The Balaban J connectivity index is 1.46. The molecule has 1 heterocycles. The molecule has 38 heavy (non-hydrogen) atoms. The topological polar surface area (TPSA) is 47.6 Å². The molecular formula is C33H30BrNO3. The summed E-state index contributed by atoms with van der Waals surface area (Å²) in [7, 11) is 1.65. The number of carbonyl (C=O) groups is 1. The van der Waals surface area contributed by atoms with E-state index in [1.165, 1.54) is 10.8 Å². The number of ether oxygens (including phenoxy) is 2. The summed E-state index contributed by atoms with van der Waals surface area (Å²) in [5, 5.41) is 6.08. The Bertz CT molecular complexity index is 1590. The van der Waals surface area contributed by atoms with Gasteiger partial charge in [0.2, 0.25) is 0 Å². The first kappa shape index (κ1) is 24.7. The highest BCUT2D eigenvalue weighted by Gasteiger charge is 2.41. The molecule has 0 spiro atoms. The van der Waals surface area contributed by atoms with E-state index in [-0.39, 0.29) is 17.2 Å². The van der Waals surface area contributed by atoms with Crippen LogP contribution in [-0.2, 0) is 11.4 Å². The Morgan fingerprint density at radius 1 is 0.974 bits per heavy atom. The summed E-state index contributed by atoms with van der Waals surface area (Å²) < 4.78 is 12.8. The monoisotopic (exact) mass is 567 g/mol. The quantitative estimate of drug-likeness (QED) is 0.262. The molecule has 5 heteroatoms. The van der Waals surface area contributed by atoms with Gasteiger partial charge in [0.15, 0.2) is 17.3 Å². The number of methoxy groups -OCH3 is 1. The zero-order valence-electron chi connectivity index (χ0n) is 21.8. The predicted molar refractivity (Wildman–Crippen MR) is 157 cm³/mol. The minimum absolute atomic E-state index is 0.0978. The number of allylic oxidation sites excluding steroid dienone is 1. The third kappa shape index (κ3) is 4.39. The molecule has 0 saturated carbocycles. The van der Waals surface area contributed by atoms with Crippen LogP contribution in [0.3, 0.4) is 0 Å². The van der Waals surface area contributed by atoms with Crippen LogP contribution in [0.25, 0.3) is 16.3 Å². The summed E-state index contributed by atoms with van der Waals surface area (Å²) in [6.07, 6.45) is 1.38. The van der Waals surface area contributed by atoms with Crippen molar-refractivity contribution in [3.63, 3.8) is 0 Å². The van der Waals surface area contributed by atoms with E-state index in [0.717, 1.165) is 44.4 Å². The molecule has 0 saturated heterocycles. The van der Waals surface area contributed by atoms with Crippen molar-refractivity contribution in [3.8, 4) is 11.5 Å². The van der Waals surface area contributed by atoms with Crippen molar-refractivity contribution in [1.82, 2.24) is 0 Å². The molecule has 192 valence electrons. The second kappa shape index (κ2) is 9.63. The van der Waals surface area contributed by atoms with Crippen molar-refractivity contribution in [2.24, 2.45) is 5.41 Å². The molecular weight excluding hydrogens is 538 g/mol. The van der Waals surface area contributed by atoms with E-state index in [1.807, 2.05) is 42.5 Å². The maximum atomic E-state index is 13.8. The van der Waals surface area contributed by atoms with Gasteiger partial charge in [-0.15, -0.1) is 0 Å². The highest BCUT2D eigenvalue weighted by Crippen LogP contribution is 2.53. The maximum absolute atomic E-state index is 13.8. The Morgan fingerprint density at radius 3 is 2.53 bits per heavy atom. The molecule has 6 rings (SSSR count). The van der Waals surface area contributed by atoms with Gasteiger partial charge >= 0.3 is 0 Å². The van der Waals surface area contributed by atoms with Crippen LogP contribution in [0.15, 0.2) is 88.9 Å². The van der Waals surface area contributed by atoms with Crippen LogP contribution in [-0.4, -0.2) is 12.9 Å². The standard InChI is InChI=1S/C33H30BrNO3/c1-33(2)17-24-29-23-12-8-7-11-21(23)13-14-26(29)35-31(30(24)27(36)18-33)22-15-25(34)32(28(16-22)37-3)38-19-20-9-5-4-6-10-20/h4-16,31,35H,17-19H2,1-3H3/t31-/m1/s1. The van der Waals surface area contributed by atoms with Gasteiger partial charge in [-0.1, -0.05) is 74.5 Å². The summed E-state index contributed by atoms with van der Waals surface area (Å²) in [5.74, 6) is 1.47. The molecule has 0 radical (unpaired) electrons. The summed E-state index contributed by atoms with van der Waals surface area (Å²) in [6, 6.07) is 26.5. The van der Waals surface area contributed by atoms with Crippen molar-refractivity contribution >= 4 is 43.7 Å². The molecule has 4 aromatic carbocycles. The number of halogens is 1. The Labute approximate surface area is 231 Å². The molecule has 2 aliphatic rings. The van der Waals surface area contributed by atoms with Crippen LogP contribution in [0.5, 0.6) is 11.5 Å². The first-order valence-electron chi connectivity index (χ1n) is 12.9. The molecule has 1 aliphatic heterocycles. The number of hydrogen-bond acceptors (Lipinski definition) is 4. The molecule has 0 unspecified atom stereocenters. The highest BCUT2D eigenvalue weighted by atomic mass is 79.9. The summed E-state index contributed by atoms with van der Waals surface area (Å²) >= 11 is 3.73. The van der Waals surface area contributed by atoms with Crippen molar-refractivity contribution in [2.75, 3.05) is 12.4 Å². The number of hydrogen-bond donors (Lipinski definition) is 1. The van der Waals surface area contributed by atoms with Crippen molar-refractivity contribution in [2.45, 2.75) is 39.3 Å². The largest absolute Gasteiger partial charge is 0.493 e. The average Bonchev–Trinajstić information content (AvgIpc) is 2.91. The van der Waals surface area contributed by atoms with Gasteiger partial charge in [-0.25, -0.2) is 0 Å². The number of benzene rings is 4. The molecule has 4 aromatic rings. The summed E-state index contributed by atoms with van der Waals surface area (Å²) in [5.41, 5.74) is 6.16. The van der Waals surface area contributed by atoms with Crippen molar-refractivity contribution in [1.29, 1.82) is 0 Å². The van der Waals surface area contributed by atoms with Gasteiger partial charge in [0.05, 0.1) is 17.6 Å². The fraction of sp³-hybridized carbons (Fsp3) is 0.242. The molecule has 1 N–H and O–H groups in total. The molecule has 0 amide bonds. The normalized spacial score (nSPS) is 18.0. The number of ketones is 1. The van der Waals surface area contributed by atoms with Crippen LogP contribution < -0.4 is 14.8 Å². The fourth-order valence-corrected chi connectivity index (χ4v) is 6.44. The van der Waals surface area contributed by atoms with E-state index in [2.05, 4.69) is 71.5 Å². The van der Waals surface area contributed by atoms with E-state index in [1.54, 1.807) is 7.11 Å². The Hall–Kier alpha value is -3.57. The number of fused-ring (bicyclic) bond motifs is 4. The van der Waals surface area contributed by atoms with E-state index in [4.69, 9.17) is 9.47 Å². The number of rotatable bonds is 5. The molecule has 4 nitrogen and oxygen atoms in total. The van der Waals surface area contributed by atoms with Crippen LogP contribution >= 0.6 is 15.9 Å². The summed E-state index contributed by atoms with van der Waals surface area (Å²) in [6.45, 7) is 4.81. The third-order valence-corrected chi connectivity index (χ3v) is 8.14. The van der Waals surface area contributed by atoms with Crippen LogP contribution in [0.1, 0.15) is 49.4 Å². The second-order valence-electron chi connectivity index (χ2n) is 10.9. The number of anilines is 1. The average molecular weight is 569 g/mol. The van der Waals surface area contributed by atoms with Gasteiger partial charge in [0.25, 0.3) is 0 Å². The third-order valence-electron chi connectivity index (χ3n) is 7.55. The van der Waals surface area contributed by atoms with E-state index >= 15 is 0 Å². The molecule has 0 aromatic heterocycles. The SMILES string of the molecule is COc1cc([C@H]2Nc3ccc4ccccc4c3C3=C2C(=O)CC(C)(C)C3)cc(Br)c1OCc1ccccc1. The number of carbonyl (C=O) groups excluding carboxylic acids is 1. The lowest BCUT2D eigenvalue weighted by atomic mass is 9.68. The molecule has 0 fully saturated rings. The van der Waals surface area contributed by atoms with E-state index in [0.29, 0.717) is 24.5 Å². The van der Waals surface area contributed by atoms with E-state index in [9.17, 15) is 4.79 Å². The predicted octanol–water partition coefficient (Wildman–Crippen LogP) is 8.50.